The summed E-state index contributed by atoms with van der Waals surface area (Å²) in [6.45, 7) is 1.25. The molecule has 1 aliphatic rings. The Balaban J connectivity index is 2.57. The van der Waals surface area contributed by atoms with E-state index in [-0.39, 0.29) is 29.5 Å². The zero-order valence-electron chi connectivity index (χ0n) is 11.1. The maximum atomic E-state index is 11.9. The molecule has 2 N–H and O–H groups in total. The van der Waals surface area contributed by atoms with Gasteiger partial charge in [0.15, 0.2) is 5.78 Å². The lowest BCUT2D eigenvalue weighted by Gasteiger charge is -2.19. The smallest absolute Gasteiger partial charge is 0.269 e. The lowest BCUT2D eigenvalue weighted by molar-refractivity contribution is -0.128. The van der Waals surface area contributed by atoms with Gasteiger partial charge in [-0.2, -0.15) is 0 Å². The van der Waals surface area contributed by atoms with Crippen molar-refractivity contribution in [1.29, 1.82) is 0 Å². The minimum Gasteiger partial charge on any atom is -0.497 e. The molecule has 1 aromatic rings. The molecule has 6 nitrogen and oxygen atoms in total. The molecule has 0 atom stereocenters. The molecule has 1 aromatic carbocycles. The number of carbonyl (C=O) groups is 3. The van der Waals surface area contributed by atoms with Crippen molar-refractivity contribution in [1.82, 2.24) is 10.6 Å². The van der Waals surface area contributed by atoms with E-state index in [9.17, 15) is 14.4 Å². The molecule has 2 rings (SSSR count). The number of Topliss-reactive ketones (excluding diaryl/α,β-unsaturated/α-hetero) is 1. The molecule has 0 saturated carbocycles. The maximum absolute atomic E-state index is 11.9. The summed E-state index contributed by atoms with van der Waals surface area (Å²) in [5.41, 5.74) is 0.653. The second kappa shape index (κ2) is 5.56. The van der Waals surface area contributed by atoms with E-state index in [4.69, 9.17) is 4.74 Å². The molecular weight excluding hydrogens is 260 g/mol. The van der Waals surface area contributed by atoms with Crippen molar-refractivity contribution in [3.8, 4) is 5.75 Å². The van der Waals surface area contributed by atoms with Crippen LogP contribution >= 0.6 is 0 Å². The van der Waals surface area contributed by atoms with Crippen molar-refractivity contribution in [3.63, 3.8) is 0 Å². The van der Waals surface area contributed by atoms with Gasteiger partial charge in [-0.05, 0) is 24.6 Å². The number of methoxy groups -OCH3 is 1. The molecule has 1 saturated heterocycles. The number of amides is 2. The van der Waals surface area contributed by atoms with Crippen LogP contribution in [0.25, 0.3) is 5.57 Å². The Morgan fingerprint density at radius 2 is 2.05 bits per heavy atom. The molecule has 0 aliphatic carbocycles. The van der Waals surface area contributed by atoms with Gasteiger partial charge in [0.25, 0.3) is 5.91 Å². The van der Waals surface area contributed by atoms with Gasteiger partial charge >= 0.3 is 0 Å². The number of hydrogen-bond acceptors (Lipinski definition) is 4. The third-order valence-corrected chi connectivity index (χ3v) is 2.86. The molecule has 1 fully saturated rings. The third kappa shape index (κ3) is 2.69. The van der Waals surface area contributed by atoms with Crippen LogP contribution in [0.4, 0.5) is 0 Å². The predicted octanol–water partition coefficient (Wildman–Crippen LogP) is 0.241. The lowest BCUT2D eigenvalue weighted by Crippen LogP contribution is -2.47. The highest BCUT2D eigenvalue weighted by molar-refractivity contribution is 6.27. The monoisotopic (exact) mass is 274 g/mol. The summed E-state index contributed by atoms with van der Waals surface area (Å²) in [6.07, 6.45) is 0. The second-order valence-corrected chi connectivity index (χ2v) is 4.27. The number of nitrogens with one attached hydrogen (secondary N) is 2. The number of ether oxygens (including phenoxy) is 1. The van der Waals surface area contributed by atoms with Crippen LogP contribution in [0, 0.1) is 0 Å². The number of piperazine rings is 1. The minimum atomic E-state index is -0.474. The average molecular weight is 274 g/mol. The number of hydrogen-bond donors (Lipinski definition) is 2. The van der Waals surface area contributed by atoms with Gasteiger partial charge in [0, 0.05) is 0 Å². The molecule has 0 radical (unpaired) electrons. The van der Waals surface area contributed by atoms with Gasteiger partial charge in [0.05, 0.1) is 19.2 Å². The maximum Gasteiger partial charge on any atom is 0.269 e. The highest BCUT2D eigenvalue weighted by atomic mass is 16.5. The molecule has 2 amide bonds. The van der Waals surface area contributed by atoms with Crippen LogP contribution in [0.1, 0.15) is 12.5 Å². The Labute approximate surface area is 115 Å². The van der Waals surface area contributed by atoms with Crippen molar-refractivity contribution < 1.29 is 19.1 Å². The van der Waals surface area contributed by atoms with Gasteiger partial charge in [0.2, 0.25) is 5.91 Å². The fraction of sp³-hybridized carbons (Fsp3) is 0.214. The molecule has 20 heavy (non-hydrogen) atoms. The van der Waals surface area contributed by atoms with Crippen molar-refractivity contribution in [2.45, 2.75) is 6.92 Å². The first-order chi connectivity index (χ1) is 9.52. The fourth-order valence-corrected chi connectivity index (χ4v) is 1.97. The van der Waals surface area contributed by atoms with Crippen LogP contribution < -0.4 is 15.4 Å². The summed E-state index contributed by atoms with van der Waals surface area (Å²) in [7, 11) is 1.51. The molecule has 0 aromatic heterocycles. The molecule has 0 spiro atoms. The molecule has 1 aliphatic heterocycles. The molecule has 104 valence electrons. The highest BCUT2D eigenvalue weighted by Gasteiger charge is 2.26. The number of benzene rings is 1. The SMILES string of the molecule is COc1cccc(C(C(C)=O)=C2NC(=O)CNC2=O)c1. The van der Waals surface area contributed by atoms with Crippen molar-refractivity contribution >= 4 is 23.2 Å². The van der Waals surface area contributed by atoms with Gasteiger partial charge in [0.1, 0.15) is 11.4 Å². The number of ketones is 1. The minimum absolute atomic E-state index is 0.0259. The standard InChI is InChI=1S/C14H14N2O4/c1-8(17)12(9-4-3-5-10(6-9)20-2)13-14(19)15-7-11(18)16-13/h3-6H,7H2,1-2H3,(H,15,19)(H,16,18). The zero-order valence-corrected chi connectivity index (χ0v) is 11.1. The summed E-state index contributed by atoms with van der Waals surface area (Å²) in [6, 6.07) is 6.75. The van der Waals surface area contributed by atoms with E-state index in [1.807, 2.05) is 0 Å². The van der Waals surface area contributed by atoms with Gasteiger partial charge in [-0.15, -0.1) is 0 Å². The Morgan fingerprint density at radius 3 is 2.70 bits per heavy atom. The summed E-state index contributed by atoms with van der Waals surface area (Å²) >= 11 is 0. The Kier molecular flexibility index (Phi) is 3.84. The molecule has 1 heterocycles. The highest BCUT2D eigenvalue weighted by Crippen LogP contribution is 2.23. The Morgan fingerprint density at radius 1 is 1.30 bits per heavy atom. The van der Waals surface area contributed by atoms with Crippen LogP contribution in [-0.2, 0) is 14.4 Å². The molecule has 0 bridgehead atoms. The summed E-state index contributed by atoms with van der Waals surface area (Å²) in [5, 5.41) is 4.87. The predicted molar refractivity (Wildman–Crippen MR) is 71.7 cm³/mol. The Hall–Kier alpha value is -2.63. The van der Waals surface area contributed by atoms with Crippen LogP contribution in [0.2, 0.25) is 0 Å². The third-order valence-electron chi connectivity index (χ3n) is 2.86. The van der Waals surface area contributed by atoms with Crippen LogP contribution in [0.5, 0.6) is 5.75 Å². The van der Waals surface area contributed by atoms with Crippen LogP contribution in [0.15, 0.2) is 30.0 Å². The number of carbonyl (C=O) groups excluding carboxylic acids is 3. The van der Waals surface area contributed by atoms with E-state index in [2.05, 4.69) is 10.6 Å². The first-order valence-electron chi connectivity index (χ1n) is 6.00. The van der Waals surface area contributed by atoms with Crippen molar-refractivity contribution in [2.24, 2.45) is 0 Å². The van der Waals surface area contributed by atoms with Gasteiger partial charge < -0.3 is 15.4 Å². The van der Waals surface area contributed by atoms with Gasteiger partial charge in [-0.3, -0.25) is 14.4 Å². The Bertz CT molecular complexity index is 619. The van der Waals surface area contributed by atoms with Crippen molar-refractivity contribution in [2.75, 3.05) is 13.7 Å². The van der Waals surface area contributed by atoms with Gasteiger partial charge in [-0.25, -0.2) is 0 Å². The summed E-state index contributed by atoms with van der Waals surface area (Å²) in [4.78, 5) is 35.1. The number of allylic oxidation sites excluding steroid dienone is 1. The van der Waals surface area contributed by atoms with Gasteiger partial charge in [-0.1, -0.05) is 12.1 Å². The first-order valence-corrected chi connectivity index (χ1v) is 6.00. The van der Waals surface area contributed by atoms with E-state index in [0.29, 0.717) is 11.3 Å². The van der Waals surface area contributed by atoms with Crippen molar-refractivity contribution in [3.05, 3.63) is 35.5 Å². The molecular formula is C14H14N2O4. The first kappa shape index (κ1) is 13.8. The fourth-order valence-electron chi connectivity index (χ4n) is 1.97. The van der Waals surface area contributed by atoms with E-state index in [1.54, 1.807) is 24.3 Å². The van der Waals surface area contributed by atoms with E-state index in [1.165, 1.54) is 14.0 Å². The second-order valence-electron chi connectivity index (χ2n) is 4.27. The largest absolute Gasteiger partial charge is 0.497 e. The molecule has 6 heteroatoms. The van der Waals surface area contributed by atoms with E-state index in [0.717, 1.165) is 0 Å². The van der Waals surface area contributed by atoms with Crippen LogP contribution in [-0.4, -0.2) is 31.3 Å². The molecule has 0 unspecified atom stereocenters. The summed E-state index contributed by atoms with van der Waals surface area (Å²) < 4.78 is 5.10. The topological polar surface area (TPSA) is 84.5 Å². The van der Waals surface area contributed by atoms with Crippen LogP contribution in [0.3, 0.4) is 0 Å². The normalized spacial score (nSPS) is 17.1. The number of rotatable bonds is 3. The summed E-state index contributed by atoms with van der Waals surface area (Å²) in [5.74, 6) is -0.589. The zero-order chi connectivity index (χ0) is 14.7. The lowest BCUT2D eigenvalue weighted by atomic mass is 9.98. The quantitative estimate of drug-likeness (QED) is 0.773. The van der Waals surface area contributed by atoms with E-state index < -0.39 is 5.91 Å². The average Bonchev–Trinajstić information content (AvgIpc) is 2.43. The van der Waals surface area contributed by atoms with E-state index >= 15 is 0 Å².